The predicted molar refractivity (Wildman–Crippen MR) is 120 cm³/mol. The Morgan fingerprint density at radius 1 is 1.19 bits per heavy atom. The normalized spacial score (nSPS) is 28.3. The Balaban J connectivity index is 1.32. The number of aromatic nitrogens is 1. The van der Waals surface area contributed by atoms with E-state index in [1.165, 1.54) is 4.88 Å². The Kier molecular flexibility index (Phi) is 6.05. The van der Waals surface area contributed by atoms with Gasteiger partial charge in [0.15, 0.2) is 0 Å². The van der Waals surface area contributed by atoms with Crippen molar-refractivity contribution in [3.05, 3.63) is 52.5 Å². The van der Waals surface area contributed by atoms with Gasteiger partial charge in [-0.25, -0.2) is 0 Å². The molecule has 5 heterocycles. The maximum absolute atomic E-state index is 13.4. The minimum Gasteiger partial charge on any atom is -0.354 e. The largest absolute Gasteiger partial charge is 0.354 e. The molecule has 2 bridgehead atoms. The van der Waals surface area contributed by atoms with Crippen LogP contribution in [-0.4, -0.2) is 58.3 Å². The second-order valence-electron chi connectivity index (χ2n) is 9.10. The molecule has 4 atom stereocenters. The summed E-state index contributed by atoms with van der Waals surface area (Å²) in [4.78, 5) is 36.5. The third kappa shape index (κ3) is 4.39. The number of fused-ring (bicyclic) bond motifs is 4. The van der Waals surface area contributed by atoms with Crippen LogP contribution < -0.4 is 5.32 Å². The van der Waals surface area contributed by atoms with Gasteiger partial charge in [0.1, 0.15) is 6.04 Å². The summed E-state index contributed by atoms with van der Waals surface area (Å²) in [6.07, 6.45) is 6.24. The molecule has 0 saturated carbocycles. The van der Waals surface area contributed by atoms with Crippen molar-refractivity contribution in [1.82, 2.24) is 20.1 Å². The minimum atomic E-state index is -0.344. The molecule has 164 valence electrons. The second kappa shape index (κ2) is 9.09. The van der Waals surface area contributed by atoms with E-state index in [0.29, 0.717) is 18.9 Å². The SMILES string of the molecule is O=C(NCCc1cccs1)[C@H]1[C@H]2C[C@H](CN(Cc3ccccn3)C2)[C@@H]2CCCC(=O)N21. The molecule has 0 spiro atoms. The van der Waals surface area contributed by atoms with Crippen LogP contribution >= 0.6 is 11.3 Å². The topological polar surface area (TPSA) is 65.5 Å². The van der Waals surface area contributed by atoms with Crippen LogP contribution in [0.3, 0.4) is 0 Å². The van der Waals surface area contributed by atoms with Crippen LogP contribution in [0.15, 0.2) is 41.9 Å². The van der Waals surface area contributed by atoms with Crippen LogP contribution in [0, 0.1) is 11.8 Å². The number of carbonyl (C=O) groups is 2. The fraction of sp³-hybridized carbons (Fsp3) is 0.542. The Bertz CT molecular complexity index is 904. The van der Waals surface area contributed by atoms with Crippen molar-refractivity contribution in [3.8, 4) is 0 Å². The third-order valence-electron chi connectivity index (χ3n) is 7.05. The van der Waals surface area contributed by atoms with Crippen LogP contribution in [0.4, 0.5) is 0 Å². The molecule has 3 saturated heterocycles. The Hall–Kier alpha value is -2.25. The number of thiophene rings is 1. The standard InChI is InChI=1S/C24H30N4O2S/c29-22-8-3-7-21-17-13-18(15-27(14-17)16-19-5-1-2-10-25-19)23(28(21)22)24(30)26-11-9-20-6-4-12-31-20/h1-2,4-6,10,12,17-18,21,23H,3,7-9,11,13-16H2,(H,26,30)/t17-,18+,21+,23-/m1/s1. The Morgan fingerprint density at radius 3 is 2.90 bits per heavy atom. The minimum absolute atomic E-state index is 0.0277. The molecule has 2 amide bonds. The molecule has 3 fully saturated rings. The van der Waals surface area contributed by atoms with E-state index in [2.05, 4.69) is 32.7 Å². The predicted octanol–water partition coefficient (Wildman–Crippen LogP) is 2.70. The van der Waals surface area contributed by atoms with Crippen LogP contribution in [0.2, 0.25) is 0 Å². The summed E-state index contributed by atoms with van der Waals surface area (Å²) in [5.74, 6) is 0.826. The van der Waals surface area contributed by atoms with Gasteiger partial charge in [0, 0.05) is 55.6 Å². The summed E-state index contributed by atoms with van der Waals surface area (Å²) >= 11 is 1.72. The molecule has 0 radical (unpaired) electrons. The first-order chi connectivity index (χ1) is 15.2. The monoisotopic (exact) mass is 438 g/mol. The fourth-order valence-corrected chi connectivity index (χ4v) is 6.52. The highest BCUT2D eigenvalue weighted by molar-refractivity contribution is 7.09. The van der Waals surface area contributed by atoms with E-state index in [4.69, 9.17) is 0 Å². The maximum atomic E-state index is 13.4. The van der Waals surface area contributed by atoms with Crippen molar-refractivity contribution in [2.75, 3.05) is 19.6 Å². The third-order valence-corrected chi connectivity index (χ3v) is 7.98. The molecule has 3 aliphatic rings. The molecule has 3 aliphatic heterocycles. The zero-order valence-corrected chi connectivity index (χ0v) is 18.6. The van der Waals surface area contributed by atoms with Crippen LogP contribution in [-0.2, 0) is 22.6 Å². The molecule has 7 heteroatoms. The van der Waals surface area contributed by atoms with Gasteiger partial charge in [-0.3, -0.25) is 19.5 Å². The van der Waals surface area contributed by atoms with Gasteiger partial charge in [-0.05, 0) is 55.2 Å². The fourth-order valence-electron chi connectivity index (χ4n) is 5.81. The number of amides is 2. The van der Waals surface area contributed by atoms with Crippen LogP contribution in [0.25, 0.3) is 0 Å². The van der Waals surface area contributed by atoms with Crippen molar-refractivity contribution in [2.45, 2.75) is 50.7 Å². The number of pyridine rings is 1. The average Bonchev–Trinajstić information content (AvgIpc) is 3.29. The van der Waals surface area contributed by atoms with Gasteiger partial charge >= 0.3 is 0 Å². The van der Waals surface area contributed by atoms with E-state index >= 15 is 0 Å². The lowest BCUT2D eigenvalue weighted by Gasteiger charge is -2.55. The lowest BCUT2D eigenvalue weighted by atomic mass is 9.71. The Morgan fingerprint density at radius 2 is 2.10 bits per heavy atom. The summed E-state index contributed by atoms with van der Waals surface area (Å²) in [7, 11) is 0. The van der Waals surface area contributed by atoms with E-state index in [1.807, 2.05) is 29.3 Å². The van der Waals surface area contributed by atoms with Gasteiger partial charge in [-0.1, -0.05) is 12.1 Å². The number of carbonyl (C=O) groups excluding carboxylic acids is 2. The first-order valence-corrected chi connectivity index (χ1v) is 12.3. The van der Waals surface area contributed by atoms with Gasteiger partial charge < -0.3 is 10.2 Å². The molecule has 31 heavy (non-hydrogen) atoms. The number of nitrogens with zero attached hydrogens (tertiary/aromatic N) is 3. The first-order valence-electron chi connectivity index (χ1n) is 11.4. The van der Waals surface area contributed by atoms with Crippen molar-refractivity contribution < 1.29 is 9.59 Å². The van der Waals surface area contributed by atoms with E-state index < -0.39 is 0 Å². The molecule has 2 aromatic rings. The number of hydrogen-bond acceptors (Lipinski definition) is 5. The highest BCUT2D eigenvalue weighted by atomic mass is 32.1. The molecule has 2 aromatic heterocycles. The molecular weight excluding hydrogens is 408 g/mol. The molecule has 0 unspecified atom stereocenters. The summed E-state index contributed by atoms with van der Waals surface area (Å²) in [5.41, 5.74) is 1.07. The van der Waals surface area contributed by atoms with Crippen molar-refractivity contribution in [3.63, 3.8) is 0 Å². The van der Waals surface area contributed by atoms with E-state index in [-0.39, 0.29) is 29.8 Å². The number of piperidine rings is 3. The molecular formula is C24H30N4O2S. The van der Waals surface area contributed by atoms with Gasteiger partial charge in [0.05, 0.1) is 5.69 Å². The molecule has 6 nitrogen and oxygen atoms in total. The smallest absolute Gasteiger partial charge is 0.243 e. The van der Waals surface area contributed by atoms with Crippen molar-refractivity contribution in [1.29, 1.82) is 0 Å². The van der Waals surface area contributed by atoms with Crippen LogP contribution in [0.5, 0.6) is 0 Å². The lowest BCUT2D eigenvalue weighted by Crippen LogP contribution is -2.68. The highest BCUT2D eigenvalue weighted by Gasteiger charge is 2.51. The number of hydrogen-bond donors (Lipinski definition) is 1. The maximum Gasteiger partial charge on any atom is 0.243 e. The first kappa shape index (κ1) is 20.6. The zero-order valence-electron chi connectivity index (χ0n) is 17.8. The van der Waals surface area contributed by atoms with Crippen molar-refractivity contribution in [2.24, 2.45) is 11.8 Å². The summed E-state index contributed by atoms with van der Waals surface area (Å²) < 4.78 is 0. The van der Waals surface area contributed by atoms with Gasteiger partial charge in [-0.15, -0.1) is 11.3 Å². The summed E-state index contributed by atoms with van der Waals surface area (Å²) in [6.45, 7) is 3.25. The lowest BCUT2D eigenvalue weighted by molar-refractivity contribution is -0.160. The Labute approximate surface area is 187 Å². The molecule has 0 aliphatic carbocycles. The number of nitrogens with one attached hydrogen (secondary N) is 1. The molecule has 1 N–H and O–H groups in total. The number of rotatable bonds is 6. The highest BCUT2D eigenvalue weighted by Crippen LogP contribution is 2.42. The summed E-state index contributed by atoms with van der Waals surface area (Å²) in [5, 5.41) is 5.22. The second-order valence-corrected chi connectivity index (χ2v) is 10.1. The van der Waals surface area contributed by atoms with E-state index in [9.17, 15) is 9.59 Å². The number of likely N-dealkylation sites (tertiary alicyclic amines) is 1. The van der Waals surface area contributed by atoms with E-state index in [1.54, 1.807) is 11.3 Å². The molecule has 5 rings (SSSR count). The van der Waals surface area contributed by atoms with Gasteiger partial charge in [0.25, 0.3) is 0 Å². The van der Waals surface area contributed by atoms with E-state index in [0.717, 1.165) is 51.0 Å². The van der Waals surface area contributed by atoms with Gasteiger partial charge in [-0.2, -0.15) is 0 Å². The quantitative estimate of drug-likeness (QED) is 0.753. The average molecular weight is 439 g/mol. The summed E-state index contributed by atoms with van der Waals surface area (Å²) in [6, 6.07) is 10.0. The zero-order chi connectivity index (χ0) is 21.2. The molecule has 0 aromatic carbocycles. The van der Waals surface area contributed by atoms with Gasteiger partial charge in [0.2, 0.25) is 11.8 Å². The van der Waals surface area contributed by atoms with Crippen molar-refractivity contribution >= 4 is 23.2 Å². The van der Waals surface area contributed by atoms with Crippen LogP contribution in [0.1, 0.15) is 36.3 Å².